The van der Waals surface area contributed by atoms with Gasteiger partial charge in [0.2, 0.25) is 0 Å². The molecule has 0 rings (SSSR count). The third-order valence-corrected chi connectivity index (χ3v) is 0.274. The van der Waals surface area contributed by atoms with Gasteiger partial charge < -0.3 is 0 Å². The highest BCUT2D eigenvalue weighted by atomic mass is 28.3. The summed E-state index contributed by atoms with van der Waals surface area (Å²) in [4.78, 5) is 3.94. The van der Waals surface area contributed by atoms with Crippen LogP contribution in [0, 0.1) is 0 Å². The molecular formula is C7H20O2Si. The summed E-state index contributed by atoms with van der Waals surface area (Å²) >= 11 is 0. The fourth-order valence-corrected chi connectivity index (χ4v) is 0. The Morgan fingerprint density at radius 3 is 1.20 bits per heavy atom. The van der Waals surface area contributed by atoms with E-state index in [4.69, 9.17) is 5.26 Å². The molecule has 0 unspecified atom stereocenters. The molecule has 3 heteroatoms. The lowest BCUT2D eigenvalue weighted by Crippen LogP contribution is -2.15. The molecule has 0 radical (unpaired) electrons. The fourth-order valence-electron chi connectivity index (χ4n) is 0. The summed E-state index contributed by atoms with van der Waals surface area (Å²) in [5.74, 6) is 0. The van der Waals surface area contributed by atoms with Gasteiger partial charge in [-0.25, -0.2) is 4.89 Å². The lowest BCUT2D eigenvalue weighted by atomic mass is 10.2. The second-order valence-corrected chi connectivity index (χ2v) is 7.40. The Morgan fingerprint density at radius 2 is 1.20 bits per heavy atom. The van der Waals surface area contributed by atoms with Crippen molar-refractivity contribution in [3.05, 3.63) is 0 Å². The van der Waals surface area contributed by atoms with Gasteiger partial charge in [0.05, 0.1) is 5.60 Å². The molecule has 0 aliphatic carbocycles. The Balaban J connectivity index is 0. The van der Waals surface area contributed by atoms with Gasteiger partial charge in [-0.15, -0.1) is 0 Å². The van der Waals surface area contributed by atoms with Crippen molar-refractivity contribution in [2.45, 2.75) is 46.0 Å². The van der Waals surface area contributed by atoms with Gasteiger partial charge in [-0.2, -0.15) is 0 Å². The van der Waals surface area contributed by atoms with E-state index in [1.54, 1.807) is 20.8 Å². The molecule has 10 heavy (non-hydrogen) atoms. The van der Waals surface area contributed by atoms with Crippen LogP contribution in [0.25, 0.3) is 0 Å². The molecule has 0 amide bonds. The summed E-state index contributed by atoms with van der Waals surface area (Å²) in [6.07, 6.45) is 0. The van der Waals surface area contributed by atoms with Crippen molar-refractivity contribution < 1.29 is 10.1 Å². The van der Waals surface area contributed by atoms with Gasteiger partial charge in [-0.3, -0.25) is 5.26 Å². The highest BCUT2D eigenvalue weighted by molar-refractivity contribution is 6.54. The van der Waals surface area contributed by atoms with Gasteiger partial charge in [0.15, 0.2) is 0 Å². The molecule has 2 nitrogen and oxygen atoms in total. The molecule has 0 aliphatic rings. The second-order valence-electron chi connectivity index (χ2n) is 3.94. The van der Waals surface area contributed by atoms with Gasteiger partial charge >= 0.3 is 0 Å². The van der Waals surface area contributed by atoms with Crippen molar-refractivity contribution in [2.75, 3.05) is 0 Å². The van der Waals surface area contributed by atoms with Crippen molar-refractivity contribution in [3.8, 4) is 0 Å². The summed E-state index contributed by atoms with van der Waals surface area (Å²) in [5.41, 5.74) is -0.403. The smallest absolute Gasteiger partial charge is 0.0949 e. The van der Waals surface area contributed by atoms with E-state index in [1.165, 1.54) is 0 Å². The molecule has 0 saturated heterocycles. The minimum atomic E-state index is -0.403. The SMILES string of the molecule is CC(C)(C)OO.C[SiH](C)C. The summed E-state index contributed by atoms with van der Waals surface area (Å²) in [6, 6.07) is 0. The minimum absolute atomic E-state index is 0.139. The Hall–Kier alpha value is 0.137. The predicted molar refractivity (Wildman–Crippen MR) is 48.2 cm³/mol. The third-order valence-electron chi connectivity index (χ3n) is 0.274. The summed E-state index contributed by atoms with van der Waals surface area (Å²) in [5, 5.41) is 7.90. The van der Waals surface area contributed by atoms with Crippen molar-refractivity contribution in [1.29, 1.82) is 0 Å². The maximum atomic E-state index is 7.90. The average molecular weight is 164 g/mol. The molecule has 1 N–H and O–H groups in total. The molecule has 0 aromatic carbocycles. The minimum Gasteiger partial charge on any atom is -0.251 e. The van der Waals surface area contributed by atoms with Crippen molar-refractivity contribution in [1.82, 2.24) is 0 Å². The summed E-state index contributed by atoms with van der Waals surface area (Å²) < 4.78 is 0. The highest BCUT2D eigenvalue weighted by Crippen LogP contribution is 2.01. The second kappa shape index (κ2) is 5.89. The van der Waals surface area contributed by atoms with E-state index in [1.807, 2.05) is 0 Å². The first-order chi connectivity index (χ1) is 4.29. The molecule has 0 heterocycles. The van der Waals surface area contributed by atoms with Crippen LogP contribution in [0.3, 0.4) is 0 Å². The Kier molecular flexibility index (Phi) is 7.52. The van der Waals surface area contributed by atoms with Crippen LogP contribution in [0.5, 0.6) is 0 Å². The number of hydrogen-bond donors (Lipinski definition) is 1. The molecule has 0 bridgehead atoms. The van der Waals surface area contributed by atoms with Gasteiger partial charge in [0.1, 0.15) is 0 Å². The monoisotopic (exact) mass is 164 g/mol. The van der Waals surface area contributed by atoms with E-state index in [0.29, 0.717) is 0 Å². The Bertz CT molecular complexity index is 63.7. The molecule has 64 valence electrons. The van der Waals surface area contributed by atoms with E-state index < -0.39 is 5.60 Å². The van der Waals surface area contributed by atoms with E-state index in [9.17, 15) is 0 Å². The maximum absolute atomic E-state index is 7.90. The van der Waals surface area contributed by atoms with Crippen LogP contribution in [0.2, 0.25) is 19.6 Å². The molecular weight excluding hydrogens is 144 g/mol. The topological polar surface area (TPSA) is 29.5 Å². The molecule has 0 aromatic heterocycles. The van der Waals surface area contributed by atoms with Crippen molar-refractivity contribution in [3.63, 3.8) is 0 Å². The number of rotatable bonds is 0. The normalized spacial score (nSPS) is 10.8. The van der Waals surface area contributed by atoms with Gasteiger partial charge in [0, 0.05) is 8.80 Å². The van der Waals surface area contributed by atoms with Crippen LogP contribution in [-0.4, -0.2) is 19.7 Å². The van der Waals surface area contributed by atoms with Gasteiger partial charge in [-0.05, 0) is 20.8 Å². The molecule has 0 aromatic rings. The largest absolute Gasteiger partial charge is 0.251 e. The van der Waals surface area contributed by atoms with Crippen LogP contribution in [0.15, 0.2) is 0 Å². The fraction of sp³-hybridized carbons (Fsp3) is 1.00. The standard InChI is InChI=1S/C4H10O2.C3H10Si/c1-4(2,3)6-5;1-4(2)3/h5H,1-3H3;4H,1-3H3. The quantitative estimate of drug-likeness (QED) is 0.338. The Labute approximate surface area is 65.7 Å². The summed E-state index contributed by atoms with van der Waals surface area (Å²) in [7, 11) is -0.139. The van der Waals surface area contributed by atoms with E-state index in [0.717, 1.165) is 0 Å². The maximum Gasteiger partial charge on any atom is 0.0949 e. The van der Waals surface area contributed by atoms with Gasteiger partial charge in [-0.1, -0.05) is 19.6 Å². The van der Waals surface area contributed by atoms with Crippen molar-refractivity contribution in [2.24, 2.45) is 0 Å². The summed E-state index contributed by atoms with van der Waals surface area (Å²) in [6.45, 7) is 12.2. The zero-order valence-corrected chi connectivity index (χ0v) is 9.09. The number of hydrogen-bond acceptors (Lipinski definition) is 2. The van der Waals surface area contributed by atoms with E-state index >= 15 is 0 Å². The van der Waals surface area contributed by atoms with Crippen molar-refractivity contribution >= 4 is 8.80 Å². The zero-order valence-electron chi connectivity index (χ0n) is 7.93. The highest BCUT2D eigenvalue weighted by Gasteiger charge is 2.06. The third kappa shape index (κ3) is 42.1. The van der Waals surface area contributed by atoms with E-state index in [-0.39, 0.29) is 8.80 Å². The first-order valence-electron chi connectivity index (χ1n) is 3.62. The van der Waals surface area contributed by atoms with E-state index in [2.05, 4.69) is 24.5 Å². The van der Waals surface area contributed by atoms with Crippen LogP contribution in [0.1, 0.15) is 20.8 Å². The molecule has 0 saturated carbocycles. The van der Waals surface area contributed by atoms with Crippen LogP contribution >= 0.6 is 0 Å². The zero-order chi connectivity index (χ0) is 8.78. The molecule has 0 fully saturated rings. The molecule has 0 aliphatic heterocycles. The Morgan fingerprint density at radius 1 is 1.10 bits per heavy atom. The first kappa shape index (κ1) is 12.8. The van der Waals surface area contributed by atoms with Crippen LogP contribution in [0.4, 0.5) is 0 Å². The molecule has 0 atom stereocenters. The van der Waals surface area contributed by atoms with Crippen LogP contribution < -0.4 is 0 Å². The van der Waals surface area contributed by atoms with Crippen LogP contribution in [-0.2, 0) is 4.89 Å². The van der Waals surface area contributed by atoms with Gasteiger partial charge in [0.25, 0.3) is 0 Å². The molecule has 0 spiro atoms. The first-order valence-corrected chi connectivity index (χ1v) is 7.08. The lowest BCUT2D eigenvalue weighted by Gasteiger charge is -2.10. The predicted octanol–water partition coefficient (Wildman–Crippen LogP) is 2.38. The lowest BCUT2D eigenvalue weighted by molar-refractivity contribution is -0.306. The average Bonchev–Trinajstić information content (AvgIpc) is 1.63.